The number of nitrogens with zero attached hydrogens (tertiary/aromatic N) is 3. The Kier molecular flexibility index (Phi) is 6.17. The van der Waals surface area contributed by atoms with Crippen LogP contribution in [0.3, 0.4) is 0 Å². The fourth-order valence-corrected chi connectivity index (χ4v) is 5.19. The molecule has 5 aromatic rings. The lowest BCUT2D eigenvalue weighted by molar-refractivity contribution is -0.136. The number of carboxylic acids is 1. The summed E-state index contributed by atoms with van der Waals surface area (Å²) in [5.74, 6) is 0.174. The van der Waals surface area contributed by atoms with Gasteiger partial charge < -0.3 is 20.3 Å². The summed E-state index contributed by atoms with van der Waals surface area (Å²) in [7, 11) is 0. The Morgan fingerprint density at radius 2 is 1.95 bits per heavy atom. The summed E-state index contributed by atoms with van der Waals surface area (Å²) in [6.07, 6.45) is 2.52. The van der Waals surface area contributed by atoms with Crippen LogP contribution in [0.25, 0.3) is 32.8 Å². The first-order chi connectivity index (χ1) is 18.5. The molecule has 8 heteroatoms. The fraction of sp³-hybridized carbons (Fsp3) is 0.233. The van der Waals surface area contributed by atoms with Gasteiger partial charge in [0, 0.05) is 29.1 Å². The van der Waals surface area contributed by atoms with Gasteiger partial charge in [-0.2, -0.15) is 5.10 Å². The molecule has 8 nitrogen and oxygen atoms in total. The van der Waals surface area contributed by atoms with E-state index in [4.69, 9.17) is 20.3 Å². The minimum Gasteiger partial charge on any atom is -0.487 e. The summed E-state index contributed by atoms with van der Waals surface area (Å²) in [5.41, 5.74) is 11.6. The van der Waals surface area contributed by atoms with Crippen molar-refractivity contribution in [1.29, 1.82) is 0 Å². The smallest absolute Gasteiger partial charge is 0.307 e. The number of aromatic nitrogens is 3. The Hall–Kier alpha value is -4.43. The van der Waals surface area contributed by atoms with Crippen molar-refractivity contribution in [2.45, 2.75) is 32.4 Å². The summed E-state index contributed by atoms with van der Waals surface area (Å²) < 4.78 is 13.9. The van der Waals surface area contributed by atoms with Gasteiger partial charge >= 0.3 is 5.97 Å². The molecule has 0 spiro atoms. The number of anilines is 1. The van der Waals surface area contributed by atoms with E-state index in [1.807, 2.05) is 35.9 Å². The van der Waals surface area contributed by atoms with Crippen molar-refractivity contribution in [2.75, 3.05) is 18.9 Å². The lowest BCUT2D eigenvalue weighted by Gasteiger charge is -2.12. The number of nitrogen functional groups attached to an aromatic ring is 1. The van der Waals surface area contributed by atoms with Gasteiger partial charge in [0.15, 0.2) is 0 Å². The quantitative estimate of drug-likeness (QED) is 0.306. The molecular weight excluding hydrogens is 480 g/mol. The lowest BCUT2D eigenvalue weighted by Crippen LogP contribution is -2.11. The summed E-state index contributed by atoms with van der Waals surface area (Å²) in [6.45, 7) is 3.44. The first-order valence-electron chi connectivity index (χ1n) is 12.6. The monoisotopic (exact) mass is 508 g/mol. The molecule has 3 N–H and O–H groups in total. The molecule has 0 bridgehead atoms. The Morgan fingerprint density at radius 3 is 2.74 bits per heavy atom. The molecule has 2 aromatic heterocycles. The number of nitrogens with two attached hydrogens (primary N) is 1. The zero-order valence-electron chi connectivity index (χ0n) is 21.1. The third kappa shape index (κ3) is 4.43. The number of carboxylic acid groups (broad SMARTS) is 1. The van der Waals surface area contributed by atoms with Crippen molar-refractivity contribution in [1.82, 2.24) is 14.8 Å². The molecule has 192 valence electrons. The van der Waals surface area contributed by atoms with Gasteiger partial charge in [0.2, 0.25) is 0 Å². The van der Waals surface area contributed by atoms with Crippen LogP contribution in [-0.2, 0) is 22.6 Å². The van der Waals surface area contributed by atoms with Crippen molar-refractivity contribution >= 4 is 33.5 Å². The molecule has 1 saturated heterocycles. The van der Waals surface area contributed by atoms with Crippen LogP contribution in [-0.4, -0.2) is 39.1 Å². The standard InChI is InChI=1S/C30H28N4O4/c1-18-3-2-4-28(23(18)15-29(35)36)38-17-26-25-14-21(7-8-27(25)34(33-26)22-10-12-37-16-22)20-6-5-19-9-11-32-30(31)24(19)13-20/h2-9,11,13-14,22H,10,12,15-17H2,1H3,(H2,31,32)(H,35,36). The van der Waals surface area contributed by atoms with Crippen LogP contribution in [0.4, 0.5) is 5.82 Å². The van der Waals surface area contributed by atoms with Gasteiger partial charge in [-0.15, -0.1) is 0 Å². The van der Waals surface area contributed by atoms with E-state index < -0.39 is 5.97 Å². The predicted molar refractivity (Wildman–Crippen MR) is 146 cm³/mol. The third-order valence-electron chi connectivity index (χ3n) is 7.22. The number of hydrogen-bond donors (Lipinski definition) is 2. The van der Waals surface area contributed by atoms with Gasteiger partial charge in [0.1, 0.15) is 23.9 Å². The number of aliphatic carboxylic acids is 1. The number of rotatable bonds is 7. The Balaban J connectivity index is 1.41. The molecule has 1 unspecified atom stereocenters. The normalized spacial score (nSPS) is 15.3. The Morgan fingerprint density at radius 1 is 1.13 bits per heavy atom. The minimum absolute atomic E-state index is 0.0965. The number of benzene rings is 3. The van der Waals surface area contributed by atoms with Gasteiger partial charge in [-0.1, -0.05) is 30.3 Å². The Bertz CT molecular complexity index is 1670. The maximum absolute atomic E-state index is 11.5. The van der Waals surface area contributed by atoms with E-state index in [1.165, 1.54) is 0 Å². The molecule has 1 fully saturated rings. The molecule has 6 rings (SSSR count). The molecule has 3 aromatic carbocycles. The van der Waals surface area contributed by atoms with Crippen LogP contribution in [0, 0.1) is 6.92 Å². The topological polar surface area (TPSA) is 112 Å². The third-order valence-corrected chi connectivity index (χ3v) is 7.22. The van der Waals surface area contributed by atoms with Crippen LogP contribution in [0.2, 0.25) is 0 Å². The number of aryl methyl sites for hydroxylation is 1. The first kappa shape index (κ1) is 23.9. The SMILES string of the molecule is Cc1cccc(OCc2nn(C3CCOC3)c3ccc(-c4ccc5ccnc(N)c5c4)cc23)c1CC(=O)O. The van der Waals surface area contributed by atoms with Crippen LogP contribution in [0.5, 0.6) is 5.75 Å². The number of hydrogen-bond acceptors (Lipinski definition) is 6. The van der Waals surface area contributed by atoms with Gasteiger partial charge in [0.05, 0.1) is 24.6 Å². The lowest BCUT2D eigenvalue weighted by atomic mass is 10.00. The molecule has 3 heterocycles. The zero-order chi connectivity index (χ0) is 26.2. The van der Waals surface area contributed by atoms with Crippen molar-refractivity contribution < 1.29 is 19.4 Å². The highest BCUT2D eigenvalue weighted by Crippen LogP contribution is 2.33. The van der Waals surface area contributed by atoms with Crippen LogP contribution >= 0.6 is 0 Å². The van der Waals surface area contributed by atoms with Gasteiger partial charge in [-0.3, -0.25) is 9.48 Å². The van der Waals surface area contributed by atoms with Crippen LogP contribution < -0.4 is 10.5 Å². The fourth-order valence-electron chi connectivity index (χ4n) is 5.19. The van der Waals surface area contributed by atoms with E-state index in [0.717, 1.165) is 50.5 Å². The van der Waals surface area contributed by atoms with Crippen molar-refractivity contribution in [3.8, 4) is 16.9 Å². The molecule has 1 aliphatic heterocycles. The highest BCUT2D eigenvalue weighted by molar-refractivity contribution is 5.95. The largest absolute Gasteiger partial charge is 0.487 e. The molecule has 38 heavy (non-hydrogen) atoms. The van der Waals surface area contributed by atoms with Crippen molar-refractivity contribution in [3.63, 3.8) is 0 Å². The minimum atomic E-state index is -0.893. The van der Waals surface area contributed by atoms with Crippen LogP contribution in [0.1, 0.15) is 29.3 Å². The molecule has 1 atom stereocenters. The maximum atomic E-state index is 11.5. The molecule has 0 amide bonds. The summed E-state index contributed by atoms with van der Waals surface area (Å²) in [5, 5.41) is 17.3. The van der Waals surface area contributed by atoms with Gasteiger partial charge in [-0.25, -0.2) is 4.98 Å². The van der Waals surface area contributed by atoms with E-state index in [9.17, 15) is 9.90 Å². The van der Waals surface area contributed by atoms with E-state index in [1.54, 1.807) is 6.20 Å². The van der Waals surface area contributed by atoms with Crippen molar-refractivity contribution in [3.05, 3.63) is 83.7 Å². The van der Waals surface area contributed by atoms with E-state index in [-0.39, 0.29) is 19.1 Å². The Labute approximate surface area is 219 Å². The summed E-state index contributed by atoms with van der Waals surface area (Å²) >= 11 is 0. The van der Waals surface area contributed by atoms with E-state index in [0.29, 0.717) is 30.3 Å². The summed E-state index contributed by atoms with van der Waals surface area (Å²) in [4.78, 5) is 15.7. The second-order valence-corrected chi connectivity index (χ2v) is 9.68. The molecular formula is C30H28N4O4. The highest BCUT2D eigenvalue weighted by atomic mass is 16.5. The average molecular weight is 509 g/mol. The van der Waals surface area contributed by atoms with E-state index in [2.05, 4.69) is 41.4 Å². The molecule has 0 saturated carbocycles. The predicted octanol–water partition coefficient (Wildman–Crippen LogP) is 5.31. The average Bonchev–Trinajstić information content (AvgIpc) is 3.57. The van der Waals surface area contributed by atoms with Crippen molar-refractivity contribution in [2.24, 2.45) is 0 Å². The highest BCUT2D eigenvalue weighted by Gasteiger charge is 2.23. The second-order valence-electron chi connectivity index (χ2n) is 9.68. The van der Waals surface area contributed by atoms with Gasteiger partial charge in [-0.05, 0) is 65.8 Å². The molecule has 0 aliphatic carbocycles. The number of fused-ring (bicyclic) bond motifs is 2. The first-order valence-corrected chi connectivity index (χ1v) is 12.6. The number of carbonyl (C=O) groups is 1. The number of pyridine rings is 1. The van der Waals surface area contributed by atoms with Crippen LogP contribution in [0.15, 0.2) is 66.9 Å². The van der Waals surface area contributed by atoms with Gasteiger partial charge in [0.25, 0.3) is 0 Å². The van der Waals surface area contributed by atoms with E-state index >= 15 is 0 Å². The second kappa shape index (κ2) is 9.79. The zero-order valence-corrected chi connectivity index (χ0v) is 21.1. The molecule has 0 radical (unpaired) electrons. The number of ether oxygens (including phenoxy) is 2. The molecule has 1 aliphatic rings. The maximum Gasteiger partial charge on any atom is 0.307 e. The summed E-state index contributed by atoms with van der Waals surface area (Å²) in [6, 6.07) is 20.2.